The fraction of sp³-hybridized carbons (Fsp3) is 0.500. The summed E-state index contributed by atoms with van der Waals surface area (Å²) in [6.07, 6.45) is 1.50. The predicted molar refractivity (Wildman–Crippen MR) is 52.5 cm³/mol. The van der Waals surface area contributed by atoms with Crippen LogP contribution in [0, 0.1) is 10.1 Å². The molecule has 0 fully saturated rings. The molecule has 2 N–H and O–H groups in total. The number of nitro groups is 1. The number of carbonyl (C=O) groups excluding carboxylic acids is 1. The Morgan fingerprint density at radius 1 is 1.69 bits per heavy atom. The first kappa shape index (κ1) is 12.1. The van der Waals surface area contributed by atoms with Crippen molar-refractivity contribution < 1.29 is 14.1 Å². The summed E-state index contributed by atoms with van der Waals surface area (Å²) in [7, 11) is 0. The Balaban J connectivity index is 2.40. The second kappa shape index (κ2) is 5.79. The van der Waals surface area contributed by atoms with Crippen molar-refractivity contribution in [2.24, 2.45) is 0 Å². The molecule has 0 aromatic carbocycles. The number of carbonyl (C=O) groups is 1. The molecule has 1 heterocycles. The van der Waals surface area contributed by atoms with Crippen LogP contribution in [-0.4, -0.2) is 34.0 Å². The lowest BCUT2D eigenvalue weighted by atomic mass is 10.3. The van der Waals surface area contributed by atoms with Crippen molar-refractivity contribution >= 4 is 11.9 Å². The number of hydrogen-bond donors (Lipinski definition) is 2. The molecule has 0 aliphatic carbocycles. The molecule has 7 nitrogen and oxygen atoms in total. The Kier molecular flexibility index (Phi) is 4.37. The van der Waals surface area contributed by atoms with Crippen molar-refractivity contribution in [3.63, 3.8) is 0 Å². The molecule has 0 unspecified atom stereocenters. The number of rotatable bonds is 6. The second-order valence-electron chi connectivity index (χ2n) is 3.04. The van der Waals surface area contributed by atoms with Crippen LogP contribution < -0.4 is 5.32 Å². The van der Waals surface area contributed by atoms with Gasteiger partial charge >= 0.3 is 5.95 Å². The van der Waals surface area contributed by atoms with Gasteiger partial charge in [0.05, 0.1) is 13.1 Å². The number of nitrogens with zero attached hydrogens (tertiary/aromatic N) is 2. The number of hydrogen-bond acceptors (Lipinski definition) is 4. The maximum atomic E-state index is 11.7. The standard InChI is InChI=1S/C8H11FN4O3/c9-2-1-3-10-7(14)4-6-5-11-8(12-6)13(15)16/h5H,1-4H2,(H,10,14)(H,11,12). The number of imidazole rings is 1. The molecule has 0 aliphatic rings. The normalized spacial score (nSPS) is 10.1. The van der Waals surface area contributed by atoms with Crippen LogP contribution in [0.3, 0.4) is 0 Å². The van der Waals surface area contributed by atoms with E-state index in [9.17, 15) is 19.3 Å². The van der Waals surface area contributed by atoms with Gasteiger partial charge in [-0.25, -0.2) is 4.98 Å². The van der Waals surface area contributed by atoms with Gasteiger partial charge in [-0.2, -0.15) is 0 Å². The first-order valence-corrected chi connectivity index (χ1v) is 4.65. The number of H-pyrrole nitrogens is 1. The molecule has 0 spiro atoms. The zero-order valence-corrected chi connectivity index (χ0v) is 8.40. The lowest BCUT2D eigenvalue weighted by Gasteiger charge is -1.99. The van der Waals surface area contributed by atoms with E-state index in [0.717, 1.165) is 0 Å². The third-order valence-electron chi connectivity index (χ3n) is 1.76. The van der Waals surface area contributed by atoms with E-state index in [-0.39, 0.29) is 31.0 Å². The zero-order chi connectivity index (χ0) is 12.0. The predicted octanol–water partition coefficient (Wildman–Crippen LogP) is 0.336. The van der Waals surface area contributed by atoms with Crippen LogP contribution >= 0.6 is 0 Å². The summed E-state index contributed by atoms with van der Waals surface area (Å²) in [6, 6.07) is 0. The highest BCUT2D eigenvalue weighted by molar-refractivity contribution is 5.78. The van der Waals surface area contributed by atoms with Crippen molar-refractivity contribution in [3.8, 4) is 0 Å². The average molecular weight is 230 g/mol. The quantitative estimate of drug-likeness (QED) is 0.418. The van der Waals surface area contributed by atoms with Crippen molar-refractivity contribution in [3.05, 3.63) is 22.0 Å². The molecule has 16 heavy (non-hydrogen) atoms. The number of alkyl halides is 1. The lowest BCUT2D eigenvalue weighted by molar-refractivity contribution is -0.393. The zero-order valence-electron chi connectivity index (χ0n) is 8.40. The summed E-state index contributed by atoms with van der Waals surface area (Å²) in [5.74, 6) is -0.735. The molecular weight excluding hydrogens is 219 g/mol. The maximum Gasteiger partial charge on any atom is 0.432 e. The number of aromatic nitrogens is 2. The molecule has 1 amide bonds. The highest BCUT2D eigenvalue weighted by Gasteiger charge is 2.14. The van der Waals surface area contributed by atoms with Crippen LogP contribution in [0.15, 0.2) is 6.20 Å². The Bertz CT molecular complexity index is 379. The van der Waals surface area contributed by atoms with Gasteiger partial charge in [-0.15, -0.1) is 0 Å². The summed E-state index contributed by atoms with van der Waals surface area (Å²) in [5.41, 5.74) is 0.282. The van der Waals surface area contributed by atoms with E-state index in [1.54, 1.807) is 0 Å². The van der Waals surface area contributed by atoms with Gasteiger partial charge in [0, 0.05) is 6.54 Å². The highest BCUT2D eigenvalue weighted by Crippen LogP contribution is 2.05. The van der Waals surface area contributed by atoms with Crippen LogP contribution in [-0.2, 0) is 11.2 Å². The Labute approximate surface area is 90.2 Å². The first-order chi connectivity index (χ1) is 7.63. The third kappa shape index (κ3) is 3.64. The largest absolute Gasteiger partial charge is 0.432 e. The molecule has 0 bridgehead atoms. The molecule has 0 saturated heterocycles. The van der Waals surface area contributed by atoms with Crippen molar-refractivity contribution in [2.45, 2.75) is 12.8 Å². The molecule has 0 radical (unpaired) electrons. The molecule has 0 saturated carbocycles. The third-order valence-corrected chi connectivity index (χ3v) is 1.76. The SMILES string of the molecule is O=C(Cc1c[nH]c([N+](=O)[O-])n1)NCCCF. The Morgan fingerprint density at radius 3 is 3.00 bits per heavy atom. The minimum absolute atomic E-state index is 0.0589. The van der Waals surface area contributed by atoms with Gasteiger partial charge in [0.15, 0.2) is 5.69 Å². The van der Waals surface area contributed by atoms with E-state index < -0.39 is 17.5 Å². The van der Waals surface area contributed by atoms with Gasteiger partial charge in [-0.1, -0.05) is 4.98 Å². The highest BCUT2D eigenvalue weighted by atomic mass is 19.1. The maximum absolute atomic E-state index is 11.7. The number of amides is 1. The van der Waals surface area contributed by atoms with Gasteiger partial charge in [0.2, 0.25) is 5.91 Å². The first-order valence-electron chi connectivity index (χ1n) is 4.65. The van der Waals surface area contributed by atoms with Crippen LogP contribution in [0.2, 0.25) is 0 Å². The summed E-state index contributed by atoms with van der Waals surface area (Å²) < 4.78 is 11.7. The molecule has 88 valence electrons. The average Bonchev–Trinajstić information content (AvgIpc) is 2.66. The summed E-state index contributed by atoms with van der Waals surface area (Å²) >= 11 is 0. The monoisotopic (exact) mass is 230 g/mol. The van der Waals surface area contributed by atoms with E-state index in [1.165, 1.54) is 6.20 Å². The molecule has 1 rings (SSSR count). The molecule has 8 heteroatoms. The van der Waals surface area contributed by atoms with E-state index in [0.29, 0.717) is 0 Å². The van der Waals surface area contributed by atoms with Crippen LogP contribution in [0.4, 0.5) is 10.3 Å². The van der Waals surface area contributed by atoms with Gasteiger partial charge in [0.1, 0.15) is 6.20 Å². The summed E-state index contributed by atoms with van der Waals surface area (Å²) in [5, 5.41) is 12.7. The van der Waals surface area contributed by atoms with Gasteiger partial charge in [0.25, 0.3) is 0 Å². The minimum Gasteiger partial charge on any atom is -0.390 e. The number of halogens is 1. The van der Waals surface area contributed by atoms with E-state index >= 15 is 0 Å². The fourth-order valence-electron chi connectivity index (χ4n) is 1.05. The van der Waals surface area contributed by atoms with Crippen LogP contribution in [0.5, 0.6) is 0 Å². The Hall–Kier alpha value is -1.99. The molecule has 1 aromatic heterocycles. The lowest BCUT2D eigenvalue weighted by Crippen LogP contribution is -2.26. The molecule has 0 atom stereocenters. The van der Waals surface area contributed by atoms with Crippen LogP contribution in [0.1, 0.15) is 12.1 Å². The molecule has 0 aliphatic heterocycles. The van der Waals surface area contributed by atoms with Gasteiger partial charge in [-0.3, -0.25) is 9.18 Å². The van der Waals surface area contributed by atoms with Gasteiger partial charge < -0.3 is 15.4 Å². The topological polar surface area (TPSA) is 101 Å². The van der Waals surface area contributed by atoms with Crippen molar-refractivity contribution in [1.29, 1.82) is 0 Å². The fourth-order valence-corrected chi connectivity index (χ4v) is 1.05. The molecular formula is C8H11FN4O3. The van der Waals surface area contributed by atoms with E-state index in [2.05, 4.69) is 15.3 Å². The summed E-state index contributed by atoms with van der Waals surface area (Å²) in [6.45, 7) is -0.240. The Morgan fingerprint density at radius 2 is 2.44 bits per heavy atom. The number of aromatic amines is 1. The second-order valence-corrected chi connectivity index (χ2v) is 3.04. The minimum atomic E-state index is -0.676. The smallest absolute Gasteiger partial charge is 0.390 e. The molecule has 1 aromatic rings. The van der Waals surface area contributed by atoms with Gasteiger partial charge in [-0.05, 0) is 11.3 Å². The van der Waals surface area contributed by atoms with E-state index in [4.69, 9.17) is 0 Å². The van der Waals surface area contributed by atoms with Crippen molar-refractivity contribution in [1.82, 2.24) is 15.3 Å². The summed E-state index contributed by atoms with van der Waals surface area (Å²) in [4.78, 5) is 26.7. The number of nitrogens with one attached hydrogen (secondary N) is 2. The van der Waals surface area contributed by atoms with Crippen molar-refractivity contribution in [2.75, 3.05) is 13.2 Å². The van der Waals surface area contributed by atoms with E-state index in [1.807, 2.05) is 0 Å². The van der Waals surface area contributed by atoms with Crippen LogP contribution in [0.25, 0.3) is 0 Å².